The van der Waals surface area contributed by atoms with Gasteiger partial charge in [-0.1, -0.05) is 12.1 Å². The number of hydrogen-bond acceptors (Lipinski definition) is 4. The number of benzene rings is 1. The van der Waals surface area contributed by atoms with Gasteiger partial charge in [-0.15, -0.1) is 0 Å². The zero-order valence-corrected chi connectivity index (χ0v) is 14.5. The molecule has 27 heavy (non-hydrogen) atoms. The summed E-state index contributed by atoms with van der Waals surface area (Å²) in [7, 11) is 1.08. The van der Waals surface area contributed by atoms with E-state index in [9.17, 15) is 27.2 Å². The number of allylic oxidation sites excluding steroid dienone is 3. The molecule has 2 aliphatic rings. The zero-order valence-electron chi connectivity index (χ0n) is 14.5. The van der Waals surface area contributed by atoms with Crippen molar-refractivity contribution >= 4 is 11.8 Å². The first-order chi connectivity index (χ1) is 12.9. The molecule has 1 aromatic rings. The number of nitrogens with one attached hydrogen (secondary N) is 1. The predicted molar refractivity (Wildman–Crippen MR) is 88.4 cm³/mol. The smallest absolute Gasteiger partial charge is 0.336 e. The van der Waals surface area contributed by atoms with Crippen LogP contribution in [-0.4, -0.2) is 32.2 Å². The first-order valence-corrected chi connectivity index (χ1v) is 8.33. The number of esters is 1. The highest BCUT2D eigenvalue weighted by molar-refractivity contribution is 6.05. The average Bonchev–Trinajstić information content (AvgIpc) is 3.05. The molecule has 1 aromatic carbocycles. The topological polar surface area (TPSA) is 55.4 Å². The summed E-state index contributed by atoms with van der Waals surface area (Å²) in [6.07, 6.45) is -1.88. The van der Waals surface area contributed by atoms with Crippen molar-refractivity contribution in [2.75, 3.05) is 20.5 Å². The summed E-state index contributed by atoms with van der Waals surface area (Å²) in [6.45, 7) is -2.55. The third kappa shape index (κ3) is 3.13. The first-order valence-electron chi connectivity index (χ1n) is 8.33. The Kier molecular flexibility index (Phi) is 5.34. The normalized spacial score (nSPS) is 20.5. The number of dihydropyridines is 1. The molecular weight excluding hydrogens is 366 g/mol. The molecule has 0 spiro atoms. The van der Waals surface area contributed by atoms with Gasteiger partial charge in [0.2, 0.25) is 0 Å². The van der Waals surface area contributed by atoms with Crippen LogP contribution in [0, 0.1) is 5.82 Å². The first kappa shape index (κ1) is 19.1. The van der Waals surface area contributed by atoms with Gasteiger partial charge in [0.05, 0.1) is 18.4 Å². The van der Waals surface area contributed by atoms with Crippen LogP contribution >= 0.6 is 0 Å². The lowest BCUT2D eigenvalue weighted by Crippen LogP contribution is -2.32. The molecule has 0 saturated carbocycles. The number of alkyl halides is 3. The standard InChI is InChI=1S/C19H17F4NO3/c1-27-19(26)18-13(8-21)24-12-5-6-14(25)17(12)16(18)9-3-2-4-10(22)15(9)11(23)7-20/h2-4,11,16,24H,5-8H2,1H3/t11-,16+/m1/s1. The Bertz CT molecular complexity index is 863. The Morgan fingerprint density at radius 1 is 1.33 bits per heavy atom. The van der Waals surface area contributed by atoms with Crippen molar-refractivity contribution in [3.8, 4) is 0 Å². The Balaban J connectivity index is 2.30. The van der Waals surface area contributed by atoms with E-state index in [1.165, 1.54) is 12.1 Å². The number of methoxy groups -OCH3 is 1. The molecule has 0 amide bonds. The lowest BCUT2D eigenvalue weighted by molar-refractivity contribution is -0.136. The molecule has 4 nitrogen and oxygen atoms in total. The number of carbonyl (C=O) groups is 2. The van der Waals surface area contributed by atoms with E-state index in [1.54, 1.807) is 0 Å². The number of Topliss-reactive ketones (excluding diaryl/α,β-unsaturated/α-hetero) is 1. The summed E-state index contributed by atoms with van der Waals surface area (Å²) in [6, 6.07) is 3.54. The van der Waals surface area contributed by atoms with Gasteiger partial charge in [-0.25, -0.2) is 22.4 Å². The van der Waals surface area contributed by atoms with E-state index in [1.807, 2.05) is 0 Å². The molecule has 0 radical (unpaired) electrons. The second-order valence-corrected chi connectivity index (χ2v) is 6.26. The largest absolute Gasteiger partial charge is 0.466 e. The van der Waals surface area contributed by atoms with E-state index in [-0.39, 0.29) is 41.0 Å². The highest BCUT2D eigenvalue weighted by atomic mass is 19.2. The van der Waals surface area contributed by atoms with Crippen LogP contribution in [0.15, 0.2) is 40.7 Å². The number of carbonyl (C=O) groups excluding carboxylic acids is 2. The highest BCUT2D eigenvalue weighted by Crippen LogP contribution is 2.46. The van der Waals surface area contributed by atoms with E-state index in [2.05, 4.69) is 5.32 Å². The quantitative estimate of drug-likeness (QED) is 0.625. The molecule has 1 N–H and O–H groups in total. The number of ether oxygens (including phenoxy) is 1. The maximum absolute atomic E-state index is 14.3. The monoisotopic (exact) mass is 383 g/mol. The van der Waals surface area contributed by atoms with Gasteiger partial charge in [0.1, 0.15) is 19.2 Å². The lowest BCUT2D eigenvalue weighted by Gasteiger charge is -2.30. The maximum atomic E-state index is 14.3. The van der Waals surface area contributed by atoms with Crippen LogP contribution in [0.5, 0.6) is 0 Å². The zero-order chi connectivity index (χ0) is 19.7. The van der Waals surface area contributed by atoms with Crippen LogP contribution in [0.4, 0.5) is 17.6 Å². The van der Waals surface area contributed by atoms with E-state index in [0.717, 1.165) is 13.2 Å². The fourth-order valence-electron chi connectivity index (χ4n) is 3.69. The molecular formula is C19H17F4NO3. The Morgan fingerprint density at radius 3 is 2.70 bits per heavy atom. The lowest BCUT2D eigenvalue weighted by atomic mass is 9.77. The van der Waals surface area contributed by atoms with E-state index < -0.39 is 42.8 Å². The van der Waals surface area contributed by atoms with Crippen LogP contribution in [-0.2, 0) is 14.3 Å². The minimum atomic E-state index is -2.29. The third-order valence-electron chi connectivity index (χ3n) is 4.82. The SMILES string of the molecule is COC(=O)C1=C(CF)NC2=C(C(=O)CC2)[C@@H]1c1cccc(F)c1[C@H](F)CF. The maximum Gasteiger partial charge on any atom is 0.336 e. The Hall–Kier alpha value is -2.64. The summed E-state index contributed by atoms with van der Waals surface area (Å²) in [5.41, 5.74) is -0.520. The number of rotatable bonds is 5. The van der Waals surface area contributed by atoms with Gasteiger partial charge < -0.3 is 10.1 Å². The summed E-state index contributed by atoms with van der Waals surface area (Å²) in [4.78, 5) is 24.8. The van der Waals surface area contributed by atoms with Crippen LogP contribution in [0.25, 0.3) is 0 Å². The van der Waals surface area contributed by atoms with Crippen molar-refractivity contribution in [3.63, 3.8) is 0 Å². The highest BCUT2D eigenvalue weighted by Gasteiger charge is 2.42. The number of halogens is 4. The van der Waals surface area contributed by atoms with E-state index >= 15 is 0 Å². The van der Waals surface area contributed by atoms with Gasteiger partial charge in [0, 0.05) is 29.2 Å². The second kappa shape index (κ2) is 7.54. The molecule has 8 heteroatoms. The van der Waals surface area contributed by atoms with Crippen molar-refractivity contribution in [1.82, 2.24) is 5.32 Å². The number of hydrogen-bond donors (Lipinski definition) is 1. The van der Waals surface area contributed by atoms with Gasteiger partial charge in [0.15, 0.2) is 12.0 Å². The van der Waals surface area contributed by atoms with Gasteiger partial charge in [0.25, 0.3) is 0 Å². The summed E-state index contributed by atoms with van der Waals surface area (Å²) >= 11 is 0. The molecule has 1 aliphatic carbocycles. The molecule has 0 unspecified atom stereocenters. The van der Waals surface area contributed by atoms with Gasteiger partial charge in [-0.2, -0.15) is 0 Å². The Morgan fingerprint density at radius 2 is 2.07 bits per heavy atom. The molecule has 1 heterocycles. The molecule has 0 aromatic heterocycles. The van der Waals surface area contributed by atoms with Gasteiger partial charge >= 0.3 is 5.97 Å². The van der Waals surface area contributed by atoms with Crippen LogP contribution < -0.4 is 5.32 Å². The van der Waals surface area contributed by atoms with E-state index in [4.69, 9.17) is 4.74 Å². The predicted octanol–water partition coefficient (Wildman–Crippen LogP) is 3.51. The van der Waals surface area contributed by atoms with Crippen LogP contribution in [0.1, 0.15) is 36.1 Å². The molecule has 144 valence electrons. The van der Waals surface area contributed by atoms with Gasteiger partial charge in [-0.05, 0) is 18.1 Å². The number of ketones is 1. The minimum absolute atomic E-state index is 0.0873. The molecule has 1 aliphatic heterocycles. The third-order valence-corrected chi connectivity index (χ3v) is 4.82. The summed E-state index contributed by atoms with van der Waals surface area (Å²) < 4.78 is 59.9. The Labute approximate surface area is 152 Å². The fraction of sp³-hybridized carbons (Fsp3) is 0.368. The van der Waals surface area contributed by atoms with Gasteiger partial charge in [-0.3, -0.25) is 4.79 Å². The minimum Gasteiger partial charge on any atom is -0.466 e. The van der Waals surface area contributed by atoms with Crippen molar-refractivity contribution in [2.24, 2.45) is 0 Å². The summed E-state index contributed by atoms with van der Waals surface area (Å²) in [5.74, 6) is -3.50. The molecule has 3 rings (SSSR count). The molecule has 0 bridgehead atoms. The molecule has 2 atom stereocenters. The van der Waals surface area contributed by atoms with Crippen molar-refractivity contribution in [1.29, 1.82) is 0 Å². The van der Waals surface area contributed by atoms with Crippen LogP contribution in [0.3, 0.4) is 0 Å². The molecule has 0 saturated heterocycles. The summed E-state index contributed by atoms with van der Waals surface area (Å²) in [5, 5.41) is 2.74. The van der Waals surface area contributed by atoms with Crippen LogP contribution in [0.2, 0.25) is 0 Å². The molecule has 0 fully saturated rings. The van der Waals surface area contributed by atoms with E-state index in [0.29, 0.717) is 5.70 Å². The van der Waals surface area contributed by atoms with Crippen molar-refractivity contribution < 1.29 is 31.9 Å². The second-order valence-electron chi connectivity index (χ2n) is 6.26. The fourth-order valence-corrected chi connectivity index (χ4v) is 3.69. The van der Waals surface area contributed by atoms with Crippen molar-refractivity contribution in [2.45, 2.75) is 24.9 Å². The van der Waals surface area contributed by atoms with Crippen molar-refractivity contribution in [3.05, 3.63) is 57.7 Å². The average molecular weight is 383 g/mol.